The third-order valence-electron chi connectivity index (χ3n) is 3.95. The molecule has 1 aromatic heterocycles. The smallest absolute Gasteiger partial charge is 0.254 e. The highest BCUT2D eigenvalue weighted by Crippen LogP contribution is 2.10. The van der Waals surface area contributed by atoms with E-state index in [1.54, 1.807) is 18.2 Å². The van der Waals surface area contributed by atoms with Gasteiger partial charge in [0.05, 0.1) is 5.56 Å². The molecule has 2 aromatic carbocycles. The lowest BCUT2D eigenvalue weighted by Crippen LogP contribution is -2.23. The number of nitrogens with zero attached hydrogens (tertiary/aromatic N) is 3. The number of ketones is 1. The van der Waals surface area contributed by atoms with Crippen LogP contribution in [0.1, 0.15) is 37.7 Å². The van der Waals surface area contributed by atoms with Gasteiger partial charge in [0.25, 0.3) is 5.91 Å². The zero-order chi connectivity index (χ0) is 19.1. The molecule has 6 nitrogen and oxygen atoms in total. The van der Waals surface area contributed by atoms with Crippen LogP contribution in [0, 0.1) is 11.3 Å². The van der Waals surface area contributed by atoms with Gasteiger partial charge < -0.3 is 5.32 Å². The Labute approximate surface area is 156 Å². The molecule has 1 heterocycles. The average molecular weight is 356 g/mol. The summed E-state index contributed by atoms with van der Waals surface area (Å²) in [5.74, 6) is -0.266. The highest BCUT2D eigenvalue weighted by Gasteiger charge is 2.09. The number of Topliss-reactive ketones (excluding diaryl/α,β-unsaturated/α-hetero) is 1. The van der Waals surface area contributed by atoms with Crippen LogP contribution in [-0.4, -0.2) is 21.7 Å². The Morgan fingerprint density at radius 1 is 0.889 bits per heavy atom. The van der Waals surface area contributed by atoms with Crippen LogP contribution in [0.4, 0.5) is 0 Å². The minimum absolute atomic E-state index is 0.0160. The lowest BCUT2D eigenvalue weighted by molar-refractivity contribution is 0.0948. The molecule has 27 heavy (non-hydrogen) atoms. The standard InChI is InChI=1S/C21H16N4O2/c22-11-20-23-13-18(14-24-20)21(27)25-12-16-6-8-17(9-7-16)19(26)10-15-4-2-1-3-5-15/h1-9,13-14H,10,12H2,(H,25,27). The molecule has 0 spiro atoms. The molecular formula is C21H16N4O2. The summed E-state index contributed by atoms with van der Waals surface area (Å²) in [5.41, 5.74) is 2.76. The largest absolute Gasteiger partial charge is 0.348 e. The fraction of sp³-hybridized carbons (Fsp3) is 0.0952. The molecule has 1 N–H and O–H groups in total. The first-order valence-electron chi connectivity index (χ1n) is 8.32. The third kappa shape index (κ3) is 4.83. The minimum Gasteiger partial charge on any atom is -0.348 e. The van der Waals surface area contributed by atoms with Crippen molar-refractivity contribution < 1.29 is 9.59 Å². The number of hydrogen-bond acceptors (Lipinski definition) is 5. The summed E-state index contributed by atoms with van der Waals surface area (Å²) in [6, 6.07) is 18.5. The number of rotatable bonds is 6. The second-order valence-corrected chi connectivity index (χ2v) is 5.87. The number of nitriles is 1. The summed E-state index contributed by atoms with van der Waals surface area (Å²) in [5, 5.41) is 11.4. The highest BCUT2D eigenvalue weighted by atomic mass is 16.1. The molecule has 0 fully saturated rings. The maximum Gasteiger partial charge on any atom is 0.254 e. The molecule has 0 atom stereocenters. The van der Waals surface area contributed by atoms with E-state index in [9.17, 15) is 9.59 Å². The van der Waals surface area contributed by atoms with Crippen LogP contribution in [0.5, 0.6) is 0 Å². The van der Waals surface area contributed by atoms with Crippen LogP contribution in [0.15, 0.2) is 67.0 Å². The van der Waals surface area contributed by atoms with Crippen molar-refractivity contribution in [2.24, 2.45) is 0 Å². The van der Waals surface area contributed by atoms with Gasteiger partial charge in [0, 0.05) is 30.9 Å². The summed E-state index contributed by atoms with van der Waals surface area (Å²) in [6.45, 7) is 0.311. The zero-order valence-corrected chi connectivity index (χ0v) is 14.4. The van der Waals surface area contributed by atoms with Crippen LogP contribution in [0.2, 0.25) is 0 Å². The minimum atomic E-state index is -0.330. The van der Waals surface area contributed by atoms with E-state index in [1.165, 1.54) is 12.4 Å². The lowest BCUT2D eigenvalue weighted by atomic mass is 10.0. The van der Waals surface area contributed by atoms with Crippen molar-refractivity contribution >= 4 is 11.7 Å². The molecule has 0 aliphatic heterocycles. The Morgan fingerprint density at radius 2 is 1.56 bits per heavy atom. The van der Waals surface area contributed by atoms with E-state index in [4.69, 9.17) is 5.26 Å². The summed E-state index contributed by atoms with van der Waals surface area (Å²) < 4.78 is 0. The van der Waals surface area contributed by atoms with Gasteiger partial charge in [-0.15, -0.1) is 0 Å². The second kappa shape index (κ2) is 8.50. The molecule has 0 aliphatic rings. The van der Waals surface area contributed by atoms with E-state index in [0.29, 0.717) is 18.5 Å². The van der Waals surface area contributed by atoms with Crippen molar-refractivity contribution in [2.75, 3.05) is 0 Å². The van der Waals surface area contributed by atoms with Crippen molar-refractivity contribution in [2.45, 2.75) is 13.0 Å². The SMILES string of the molecule is N#Cc1ncc(C(=O)NCc2ccc(C(=O)Cc3ccccc3)cc2)cn1. The van der Waals surface area contributed by atoms with Gasteiger partial charge in [-0.05, 0) is 11.1 Å². The number of nitrogens with one attached hydrogen (secondary N) is 1. The van der Waals surface area contributed by atoms with Crippen molar-refractivity contribution in [1.82, 2.24) is 15.3 Å². The number of carbonyl (C=O) groups is 2. The molecule has 3 rings (SSSR count). The molecule has 0 bridgehead atoms. The van der Waals surface area contributed by atoms with Gasteiger partial charge in [-0.2, -0.15) is 5.26 Å². The molecule has 0 saturated heterocycles. The maximum absolute atomic E-state index is 12.3. The summed E-state index contributed by atoms with van der Waals surface area (Å²) in [6.07, 6.45) is 2.98. The fourth-order valence-corrected chi connectivity index (χ4v) is 2.48. The normalized spacial score (nSPS) is 10.0. The van der Waals surface area contributed by atoms with Crippen molar-refractivity contribution in [3.8, 4) is 6.07 Å². The number of carbonyl (C=O) groups excluding carboxylic acids is 2. The Balaban J connectivity index is 1.56. The third-order valence-corrected chi connectivity index (χ3v) is 3.95. The first-order valence-corrected chi connectivity index (χ1v) is 8.32. The number of benzene rings is 2. The Bertz CT molecular complexity index is 975. The van der Waals surface area contributed by atoms with Gasteiger partial charge in [-0.25, -0.2) is 9.97 Å². The van der Waals surface area contributed by atoms with Gasteiger partial charge in [-0.3, -0.25) is 9.59 Å². The molecular weight excluding hydrogens is 340 g/mol. The van der Waals surface area contributed by atoms with Gasteiger partial charge in [0.2, 0.25) is 5.82 Å². The van der Waals surface area contributed by atoms with Crippen molar-refractivity contribution in [3.63, 3.8) is 0 Å². The van der Waals surface area contributed by atoms with Crippen LogP contribution in [-0.2, 0) is 13.0 Å². The lowest BCUT2D eigenvalue weighted by Gasteiger charge is -2.06. The highest BCUT2D eigenvalue weighted by molar-refractivity contribution is 5.97. The predicted molar refractivity (Wildman–Crippen MR) is 98.8 cm³/mol. The van der Waals surface area contributed by atoms with E-state index in [2.05, 4.69) is 15.3 Å². The molecule has 3 aromatic rings. The van der Waals surface area contributed by atoms with Crippen molar-refractivity contribution in [1.29, 1.82) is 5.26 Å². The molecule has 0 unspecified atom stereocenters. The average Bonchev–Trinajstić information content (AvgIpc) is 2.73. The van der Waals surface area contributed by atoms with Gasteiger partial charge in [-0.1, -0.05) is 54.6 Å². The monoisotopic (exact) mass is 356 g/mol. The van der Waals surface area contributed by atoms with Gasteiger partial charge >= 0.3 is 0 Å². The van der Waals surface area contributed by atoms with Crippen LogP contribution in [0.25, 0.3) is 0 Å². The second-order valence-electron chi connectivity index (χ2n) is 5.87. The maximum atomic E-state index is 12.3. The summed E-state index contributed by atoms with van der Waals surface area (Å²) in [4.78, 5) is 31.9. The Hall–Kier alpha value is -3.85. The number of aromatic nitrogens is 2. The number of hydrogen-bond donors (Lipinski definition) is 1. The fourth-order valence-electron chi connectivity index (χ4n) is 2.48. The Morgan fingerprint density at radius 3 is 2.19 bits per heavy atom. The topological polar surface area (TPSA) is 95.7 Å². The molecule has 0 saturated carbocycles. The molecule has 0 radical (unpaired) electrons. The van der Waals surface area contributed by atoms with E-state index >= 15 is 0 Å². The van der Waals surface area contributed by atoms with E-state index in [1.807, 2.05) is 42.5 Å². The molecule has 132 valence electrons. The Kier molecular flexibility index (Phi) is 5.65. The van der Waals surface area contributed by atoms with Gasteiger partial charge in [0.1, 0.15) is 6.07 Å². The van der Waals surface area contributed by atoms with Crippen LogP contribution >= 0.6 is 0 Å². The van der Waals surface area contributed by atoms with E-state index in [-0.39, 0.29) is 23.1 Å². The van der Waals surface area contributed by atoms with Crippen LogP contribution < -0.4 is 5.32 Å². The van der Waals surface area contributed by atoms with E-state index < -0.39 is 0 Å². The van der Waals surface area contributed by atoms with Gasteiger partial charge in [0.15, 0.2) is 5.78 Å². The molecule has 6 heteroatoms. The zero-order valence-electron chi connectivity index (χ0n) is 14.4. The quantitative estimate of drug-likeness (QED) is 0.685. The van der Waals surface area contributed by atoms with Crippen LogP contribution in [0.3, 0.4) is 0 Å². The van der Waals surface area contributed by atoms with E-state index in [0.717, 1.165) is 11.1 Å². The molecule has 1 amide bonds. The van der Waals surface area contributed by atoms with Crippen molar-refractivity contribution in [3.05, 3.63) is 95.1 Å². The molecule has 0 aliphatic carbocycles. The predicted octanol–water partition coefficient (Wildman–Crippen LogP) is 2.70. The number of amides is 1. The first-order chi connectivity index (χ1) is 13.2. The first kappa shape index (κ1) is 18.0. The summed E-state index contributed by atoms with van der Waals surface area (Å²) >= 11 is 0. The summed E-state index contributed by atoms with van der Waals surface area (Å²) in [7, 11) is 0.